The molecule has 4 aliphatic rings. The molecule has 9 heteroatoms. The summed E-state index contributed by atoms with van der Waals surface area (Å²) >= 11 is 0. The van der Waals surface area contributed by atoms with Gasteiger partial charge in [-0.25, -0.2) is 0 Å². The van der Waals surface area contributed by atoms with Gasteiger partial charge in [-0.15, -0.1) is 0 Å². The predicted molar refractivity (Wildman–Crippen MR) is 111 cm³/mol. The Hall–Kier alpha value is 0.154. The smallest absolute Gasteiger partial charge is 0.377 e. The topological polar surface area (TPSA) is 71.2 Å². The summed E-state index contributed by atoms with van der Waals surface area (Å²) in [7, 11) is 1.09. The molecular weight excluding hydrogens is 408 g/mol. The van der Waals surface area contributed by atoms with Crippen molar-refractivity contribution in [2.24, 2.45) is 11.8 Å². The molecule has 0 bridgehead atoms. The third-order valence-corrected chi connectivity index (χ3v) is 14.3. The Balaban J connectivity index is 1.33. The van der Waals surface area contributed by atoms with Crippen LogP contribution in [0.3, 0.4) is 0 Å². The van der Waals surface area contributed by atoms with Crippen LogP contribution in [0.15, 0.2) is 0 Å². The zero-order valence-electron chi connectivity index (χ0n) is 18.4. The maximum Gasteiger partial charge on any atom is 0.493 e. The molecule has 0 aromatic heterocycles. The quantitative estimate of drug-likeness (QED) is 0.336. The lowest BCUT2D eigenvalue weighted by molar-refractivity contribution is 0.0833. The summed E-state index contributed by atoms with van der Waals surface area (Å²) in [4.78, 5) is 0. The van der Waals surface area contributed by atoms with Crippen molar-refractivity contribution in [2.45, 2.75) is 87.9 Å². The monoisotopic (exact) mass is 446 g/mol. The van der Waals surface area contributed by atoms with Crippen LogP contribution in [-0.2, 0) is 31.3 Å². The zero-order valence-corrected chi connectivity index (χ0v) is 20.4. The molecule has 168 valence electrons. The average Bonchev–Trinajstić information content (AvgIpc) is 3.68. The van der Waals surface area contributed by atoms with Gasteiger partial charge in [0.2, 0.25) is 0 Å². The fourth-order valence-electron chi connectivity index (χ4n) is 5.34. The summed E-state index contributed by atoms with van der Waals surface area (Å²) in [5.74, 6) is 1.32. The molecular formula is C20H38O7Si2. The first-order valence-electron chi connectivity index (χ1n) is 11.3. The van der Waals surface area contributed by atoms with Crippen molar-refractivity contribution in [3.05, 3.63) is 0 Å². The van der Waals surface area contributed by atoms with Crippen LogP contribution in [0.4, 0.5) is 0 Å². The van der Waals surface area contributed by atoms with Crippen molar-refractivity contribution < 1.29 is 31.3 Å². The average molecular weight is 447 g/mol. The Morgan fingerprint density at radius 2 is 1.03 bits per heavy atom. The second-order valence-corrected chi connectivity index (χ2v) is 15.3. The number of rotatable bonds is 12. The molecule has 0 amide bonds. The summed E-state index contributed by atoms with van der Waals surface area (Å²) in [5.41, 5.74) is 0. The van der Waals surface area contributed by atoms with Gasteiger partial charge in [0.1, 0.15) is 0 Å². The van der Waals surface area contributed by atoms with E-state index in [0.29, 0.717) is 36.3 Å². The lowest BCUT2D eigenvalue weighted by atomic mass is 9.88. The van der Waals surface area contributed by atoms with Crippen molar-refractivity contribution in [3.8, 4) is 0 Å². The van der Waals surface area contributed by atoms with Crippen molar-refractivity contribution in [3.63, 3.8) is 0 Å². The van der Waals surface area contributed by atoms with Crippen LogP contribution in [0.25, 0.3) is 0 Å². The van der Waals surface area contributed by atoms with Crippen LogP contribution in [0.2, 0.25) is 12.1 Å². The SMILES string of the molecule is CO[Si](CCC1CCC2OC2C1)(OC)O[Si](CCC1CCC2OC2C1)(OC)OC. The molecule has 29 heavy (non-hydrogen) atoms. The molecule has 0 N–H and O–H groups in total. The molecule has 2 aliphatic heterocycles. The standard InChI is InChI=1S/C20H38O7Si2/c1-21-28(22-2,11-9-15-5-7-17-19(13-15)25-17)27-29(23-3,24-4)12-10-16-6-8-18-20(14-16)26-18/h15-20H,5-14H2,1-4H3. The number of hydrogen-bond donors (Lipinski definition) is 0. The molecule has 6 atom stereocenters. The third kappa shape index (κ3) is 5.32. The number of hydrogen-bond acceptors (Lipinski definition) is 7. The fraction of sp³-hybridized carbons (Fsp3) is 1.00. The molecule has 2 saturated carbocycles. The van der Waals surface area contributed by atoms with Crippen LogP contribution >= 0.6 is 0 Å². The Morgan fingerprint density at radius 3 is 1.38 bits per heavy atom. The molecule has 2 saturated heterocycles. The first-order chi connectivity index (χ1) is 14.0. The van der Waals surface area contributed by atoms with Crippen LogP contribution in [-0.4, -0.2) is 70.5 Å². The van der Waals surface area contributed by atoms with Gasteiger partial charge < -0.3 is 31.3 Å². The molecule has 6 unspecified atom stereocenters. The van der Waals surface area contributed by atoms with Crippen LogP contribution in [0, 0.1) is 11.8 Å². The van der Waals surface area contributed by atoms with E-state index in [2.05, 4.69) is 0 Å². The molecule has 4 rings (SSSR count). The van der Waals surface area contributed by atoms with Crippen molar-refractivity contribution >= 4 is 17.6 Å². The molecule has 7 nitrogen and oxygen atoms in total. The van der Waals surface area contributed by atoms with E-state index in [9.17, 15) is 0 Å². The maximum atomic E-state index is 6.61. The highest BCUT2D eigenvalue weighted by Gasteiger charge is 2.53. The summed E-state index contributed by atoms with van der Waals surface area (Å²) in [6.45, 7) is 0. The summed E-state index contributed by atoms with van der Waals surface area (Å²) < 4.78 is 41.6. The van der Waals surface area contributed by atoms with Crippen molar-refractivity contribution in [1.29, 1.82) is 0 Å². The largest absolute Gasteiger partial charge is 0.493 e. The van der Waals surface area contributed by atoms with Gasteiger partial charge in [-0.2, -0.15) is 0 Å². The van der Waals surface area contributed by atoms with E-state index in [4.69, 9.17) is 31.3 Å². The van der Waals surface area contributed by atoms with E-state index < -0.39 is 17.6 Å². The molecule has 2 heterocycles. The number of ether oxygens (including phenoxy) is 2. The Bertz CT molecular complexity index is 497. The van der Waals surface area contributed by atoms with Gasteiger partial charge in [-0.05, 0) is 63.2 Å². The third-order valence-electron chi connectivity index (χ3n) is 7.50. The van der Waals surface area contributed by atoms with Gasteiger partial charge in [-0.1, -0.05) is 0 Å². The highest BCUT2D eigenvalue weighted by molar-refractivity contribution is 6.74. The zero-order chi connectivity index (χ0) is 20.5. The normalized spacial score (nSPS) is 36.4. The fourth-order valence-corrected chi connectivity index (χ4v) is 12.1. The maximum absolute atomic E-state index is 6.61. The highest BCUT2D eigenvalue weighted by atomic mass is 28.5. The van der Waals surface area contributed by atoms with Crippen LogP contribution in [0.5, 0.6) is 0 Å². The van der Waals surface area contributed by atoms with Crippen LogP contribution < -0.4 is 0 Å². The van der Waals surface area contributed by atoms with Crippen LogP contribution in [0.1, 0.15) is 51.4 Å². The minimum atomic E-state index is -2.86. The summed E-state index contributed by atoms with van der Waals surface area (Å²) in [6.07, 6.45) is 11.3. The Kier molecular flexibility index (Phi) is 7.20. The van der Waals surface area contributed by atoms with Crippen molar-refractivity contribution in [1.82, 2.24) is 0 Å². The van der Waals surface area contributed by atoms with Gasteiger partial charge in [0, 0.05) is 40.5 Å². The Morgan fingerprint density at radius 1 is 0.621 bits per heavy atom. The number of fused-ring (bicyclic) bond motifs is 2. The lowest BCUT2D eigenvalue weighted by Crippen LogP contribution is -2.57. The summed E-state index contributed by atoms with van der Waals surface area (Å²) in [6, 6.07) is 1.59. The number of epoxide rings is 2. The van der Waals surface area contributed by atoms with Gasteiger partial charge in [0.25, 0.3) is 0 Å². The molecule has 0 aromatic rings. The van der Waals surface area contributed by atoms with E-state index in [1.807, 2.05) is 0 Å². The van der Waals surface area contributed by atoms with Gasteiger partial charge in [-0.3, -0.25) is 0 Å². The summed E-state index contributed by atoms with van der Waals surface area (Å²) in [5, 5.41) is 0. The molecule has 2 aliphatic carbocycles. The first kappa shape index (κ1) is 22.4. The minimum absolute atomic E-state index is 0.493. The lowest BCUT2D eigenvalue weighted by Gasteiger charge is -2.37. The first-order valence-corrected chi connectivity index (χ1v) is 15.1. The van der Waals surface area contributed by atoms with E-state index in [1.54, 1.807) is 28.4 Å². The predicted octanol–water partition coefficient (Wildman–Crippen LogP) is 3.38. The van der Waals surface area contributed by atoms with E-state index >= 15 is 0 Å². The highest BCUT2D eigenvalue weighted by Crippen LogP contribution is 2.43. The van der Waals surface area contributed by atoms with E-state index in [0.717, 1.165) is 37.8 Å². The molecule has 0 aromatic carbocycles. The van der Waals surface area contributed by atoms with E-state index in [-0.39, 0.29) is 0 Å². The van der Waals surface area contributed by atoms with Crippen molar-refractivity contribution in [2.75, 3.05) is 28.4 Å². The second-order valence-electron chi connectivity index (χ2n) is 9.15. The second kappa shape index (κ2) is 9.34. The van der Waals surface area contributed by atoms with E-state index in [1.165, 1.54) is 25.7 Å². The minimum Gasteiger partial charge on any atom is -0.377 e. The van der Waals surface area contributed by atoms with Gasteiger partial charge in [0.05, 0.1) is 24.4 Å². The Labute approximate surface area is 177 Å². The molecule has 0 radical (unpaired) electrons. The van der Waals surface area contributed by atoms with Gasteiger partial charge >= 0.3 is 17.6 Å². The van der Waals surface area contributed by atoms with Gasteiger partial charge in [0.15, 0.2) is 0 Å². The molecule has 4 fully saturated rings. The molecule has 0 spiro atoms.